The van der Waals surface area contributed by atoms with Crippen molar-refractivity contribution in [2.24, 2.45) is 5.92 Å². The zero-order chi connectivity index (χ0) is 14.5. The van der Waals surface area contributed by atoms with Gasteiger partial charge >= 0.3 is 0 Å². The largest absolute Gasteiger partial charge is 0.381 e. The Kier molecular flexibility index (Phi) is 5.08. The Hall–Kier alpha value is -1.47. The SMILES string of the molecule is O=C(NCCC1CCOC1)c1cc([N+](=O)[O-])ccc1Br. The summed E-state index contributed by atoms with van der Waals surface area (Å²) in [6.45, 7) is 2.08. The van der Waals surface area contributed by atoms with E-state index in [9.17, 15) is 14.9 Å². The van der Waals surface area contributed by atoms with Crippen LogP contribution in [-0.4, -0.2) is 30.6 Å². The van der Waals surface area contributed by atoms with Crippen LogP contribution < -0.4 is 5.32 Å². The number of nitrogens with zero attached hydrogens (tertiary/aromatic N) is 1. The van der Waals surface area contributed by atoms with Crippen LogP contribution in [0.15, 0.2) is 22.7 Å². The normalized spacial score (nSPS) is 17.9. The average molecular weight is 343 g/mol. The minimum absolute atomic E-state index is 0.0949. The number of carbonyl (C=O) groups is 1. The smallest absolute Gasteiger partial charge is 0.270 e. The molecule has 1 aromatic rings. The molecule has 2 rings (SSSR count). The van der Waals surface area contributed by atoms with Gasteiger partial charge < -0.3 is 10.1 Å². The summed E-state index contributed by atoms with van der Waals surface area (Å²) < 4.78 is 5.81. The Bertz CT molecular complexity index is 515. The lowest BCUT2D eigenvalue weighted by atomic mass is 10.1. The highest BCUT2D eigenvalue weighted by atomic mass is 79.9. The second-order valence-electron chi connectivity index (χ2n) is 4.70. The van der Waals surface area contributed by atoms with Gasteiger partial charge in [0.25, 0.3) is 11.6 Å². The van der Waals surface area contributed by atoms with Crippen molar-refractivity contribution >= 4 is 27.5 Å². The zero-order valence-corrected chi connectivity index (χ0v) is 12.4. The molecular weight excluding hydrogens is 328 g/mol. The van der Waals surface area contributed by atoms with Crippen molar-refractivity contribution in [1.82, 2.24) is 5.32 Å². The molecule has 1 saturated heterocycles. The average Bonchev–Trinajstić information content (AvgIpc) is 2.92. The van der Waals surface area contributed by atoms with Crippen molar-refractivity contribution < 1.29 is 14.5 Å². The van der Waals surface area contributed by atoms with Crippen LogP contribution in [0, 0.1) is 16.0 Å². The van der Waals surface area contributed by atoms with E-state index >= 15 is 0 Å². The van der Waals surface area contributed by atoms with Crippen molar-refractivity contribution in [3.05, 3.63) is 38.3 Å². The number of nitro benzene ring substituents is 1. The molecule has 1 aliphatic rings. The van der Waals surface area contributed by atoms with Gasteiger partial charge in [-0.05, 0) is 40.8 Å². The van der Waals surface area contributed by atoms with Crippen LogP contribution in [0.2, 0.25) is 0 Å². The van der Waals surface area contributed by atoms with Crippen LogP contribution in [0.25, 0.3) is 0 Å². The van der Waals surface area contributed by atoms with Gasteiger partial charge in [0.1, 0.15) is 0 Å². The van der Waals surface area contributed by atoms with Crippen molar-refractivity contribution in [2.75, 3.05) is 19.8 Å². The van der Waals surface area contributed by atoms with E-state index in [1.807, 2.05) is 0 Å². The standard InChI is InChI=1S/C13H15BrN2O4/c14-12-2-1-10(16(18)19)7-11(12)13(17)15-5-3-9-4-6-20-8-9/h1-2,7,9H,3-6,8H2,(H,15,17). The summed E-state index contributed by atoms with van der Waals surface area (Å²) in [6, 6.07) is 4.15. The number of amides is 1. The number of ether oxygens (including phenoxy) is 1. The van der Waals surface area contributed by atoms with E-state index in [2.05, 4.69) is 21.2 Å². The van der Waals surface area contributed by atoms with Gasteiger partial charge in [-0.1, -0.05) is 0 Å². The Labute approximate surface area is 124 Å². The lowest BCUT2D eigenvalue weighted by molar-refractivity contribution is -0.384. The predicted molar refractivity (Wildman–Crippen MR) is 76.7 cm³/mol. The zero-order valence-electron chi connectivity index (χ0n) is 10.8. The van der Waals surface area contributed by atoms with E-state index in [0.29, 0.717) is 16.9 Å². The third-order valence-electron chi connectivity index (χ3n) is 3.27. The third-order valence-corrected chi connectivity index (χ3v) is 3.96. The van der Waals surface area contributed by atoms with Crippen LogP contribution in [0.3, 0.4) is 0 Å². The molecule has 0 aromatic heterocycles. The van der Waals surface area contributed by atoms with Crippen LogP contribution in [0.4, 0.5) is 5.69 Å². The Balaban J connectivity index is 1.94. The molecule has 1 fully saturated rings. The fourth-order valence-corrected chi connectivity index (χ4v) is 2.52. The topological polar surface area (TPSA) is 81.5 Å². The third kappa shape index (κ3) is 3.77. The van der Waals surface area contributed by atoms with E-state index in [1.54, 1.807) is 0 Å². The van der Waals surface area contributed by atoms with Crippen LogP contribution in [0.5, 0.6) is 0 Å². The number of nitro groups is 1. The maximum atomic E-state index is 12.0. The summed E-state index contributed by atoms with van der Waals surface area (Å²) in [6.07, 6.45) is 1.88. The van der Waals surface area contributed by atoms with E-state index in [4.69, 9.17) is 4.74 Å². The first kappa shape index (κ1) is 14.9. The second kappa shape index (κ2) is 6.81. The number of nitrogens with one attached hydrogen (secondary N) is 1. The summed E-state index contributed by atoms with van der Waals surface area (Å²) >= 11 is 3.23. The molecule has 0 spiro atoms. The summed E-state index contributed by atoms with van der Waals surface area (Å²) in [5.74, 6) is 0.184. The quantitative estimate of drug-likeness (QED) is 0.658. The summed E-state index contributed by atoms with van der Waals surface area (Å²) in [7, 11) is 0. The van der Waals surface area contributed by atoms with Crippen molar-refractivity contribution in [3.63, 3.8) is 0 Å². The summed E-state index contributed by atoms with van der Waals surface area (Å²) in [5, 5.41) is 13.5. The molecule has 1 aromatic carbocycles. The number of hydrogen-bond acceptors (Lipinski definition) is 4. The monoisotopic (exact) mass is 342 g/mol. The number of rotatable bonds is 5. The van der Waals surface area contributed by atoms with Gasteiger partial charge in [-0.2, -0.15) is 0 Å². The number of benzene rings is 1. The first-order valence-electron chi connectivity index (χ1n) is 6.38. The molecule has 1 amide bonds. The molecular formula is C13H15BrN2O4. The molecule has 20 heavy (non-hydrogen) atoms. The minimum atomic E-state index is -0.515. The number of hydrogen-bond donors (Lipinski definition) is 1. The van der Waals surface area contributed by atoms with Crippen molar-refractivity contribution in [3.8, 4) is 0 Å². The maximum Gasteiger partial charge on any atom is 0.270 e. The first-order valence-corrected chi connectivity index (χ1v) is 7.17. The molecule has 1 heterocycles. The van der Waals surface area contributed by atoms with E-state index in [1.165, 1.54) is 18.2 Å². The van der Waals surface area contributed by atoms with E-state index in [-0.39, 0.29) is 17.2 Å². The molecule has 0 aliphatic carbocycles. The van der Waals surface area contributed by atoms with Gasteiger partial charge in [0, 0.05) is 36.4 Å². The Morgan fingerprint density at radius 3 is 3.00 bits per heavy atom. The van der Waals surface area contributed by atoms with Crippen LogP contribution in [-0.2, 0) is 4.74 Å². The van der Waals surface area contributed by atoms with Gasteiger partial charge in [0.2, 0.25) is 0 Å². The van der Waals surface area contributed by atoms with Crippen molar-refractivity contribution in [2.45, 2.75) is 12.8 Å². The number of non-ortho nitro benzene ring substituents is 1. The number of carbonyl (C=O) groups excluding carboxylic acids is 1. The second-order valence-corrected chi connectivity index (χ2v) is 5.55. The lowest BCUT2D eigenvalue weighted by Crippen LogP contribution is -2.26. The fourth-order valence-electron chi connectivity index (χ4n) is 2.10. The molecule has 0 saturated carbocycles. The predicted octanol–water partition coefficient (Wildman–Crippen LogP) is 2.51. The molecule has 0 radical (unpaired) electrons. The van der Waals surface area contributed by atoms with E-state index in [0.717, 1.165) is 26.1 Å². The van der Waals surface area contributed by atoms with E-state index < -0.39 is 4.92 Å². The van der Waals surface area contributed by atoms with Gasteiger partial charge in [0.05, 0.1) is 10.5 Å². The first-order chi connectivity index (χ1) is 9.58. The molecule has 1 atom stereocenters. The molecule has 1 unspecified atom stereocenters. The van der Waals surface area contributed by atoms with Crippen LogP contribution >= 0.6 is 15.9 Å². The van der Waals surface area contributed by atoms with Gasteiger partial charge in [-0.25, -0.2) is 0 Å². The fraction of sp³-hybridized carbons (Fsp3) is 0.462. The van der Waals surface area contributed by atoms with Crippen LogP contribution in [0.1, 0.15) is 23.2 Å². The lowest BCUT2D eigenvalue weighted by Gasteiger charge is -2.09. The van der Waals surface area contributed by atoms with Gasteiger partial charge in [0.15, 0.2) is 0 Å². The van der Waals surface area contributed by atoms with Gasteiger partial charge in [-0.3, -0.25) is 14.9 Å². The van der Waals surface area contributed by atoms with Gasteiger partial charge in [-0.15, -0.1) is 0 Å². The highest BCUT2D eigenvalue weighted by Gasteiger charge is 2.17. The Morgan fingerprint density at radius 2 is 2.35 bits per heavy atom. The molecule has 1 aliphatic heterocycles. The highest BCUT2D eigenvalue weighted by molar-refractivity contribution is 9.10. The Morgan fingerprint density at radius 1 is 1.55 bits per heavy atom. The molecule has 7 heteroatoms. The molecule has 6 nitrogen and oxygen atoms in total. The van der Waals surface area contributed by atoms with Crippen molar-refractivity contribution in [1.29, 1.82) is 0 Å². The molecule has 108 valence electrons. The highest BCUT2D eigenvalue weighted by Crippen LogP contribution is 2.22. The molecule has 0 bridgehead atoms. The maximum absolute atomic E-state index is 12.0. The number of halogens is 1. The summed E-state index contributed by atoms with van der Waals surface area (Å²) in [5.41, 5.74) is 0.185. The summed E-state index contributed by atoms with van der Waals surface area (Å²) in [4.78, 5) is 22.2. The molecule has 1 N–H and O–H groups in total. The minimum Gasteiger partial charge on any atom is -0.381 e.